The highest BCUT2D eigenvalue weighted by molar-refractivity contribution is 6.00. The van der Waals surface area contributed by atoms with Crippen molar-refractivity contribution in [3.8, 4) is 5.75 Å². The number of aromatic nitrogens is 1. The molecule has 0 fully saturated rings. The summed E-state index contributed by atoms with van der Waals surface area (Å²) in [6, 6.07) is 9.76. The molecule has 1 aromatic heterocycles. The summed E-state index contributed by atoms with van der Waals surface area (Å²) in [5.74, 6) is 0.444. The molecule has 0 atom stereocenters. The molecule has 2 rings (SSSR count). The molecule has 0 aliphatic heterocycles. The van der Waals surface area contributed by atoms with Gasteiger partial charge in [-0.2, -0.15) is 0 Å². The van der Waals surface area contributed by atoms with Gasteiger partial charge in [-0.05, 0) is 38.1 Å². The van der Waals surface area contributed by atoms with E-state index in [1.165, 1.54) is 12.1 Å². The number of hydrogen-bond acceptors (Lipinski definition) is 3. The predicted molar refractivity (Wildman–Crippen MR) is 76.9 cm³/mol. The molecule has 0 saturated carbocycles. The van der Waals surface area contributed by atoms with Crippen LogP contribution in [0.2, 0.25) is 0 Å². The van der Waals surface area contributed by atoms with Crippen molar-refractivity contribution in [3.63, 3.8) is 0 Å². The Morgan fingerprint density at radius 3 is 2.15 bits per heavy atom. The van der Waals surface area contributed by atoms with Crippen molar-refractivity contribution >= 4 is 5.91 Å². The molecule has 1 amide bonds. The van der Waals surface area contributed by atoms with Crippen LogP contribution in [-0.2, 0) is 0 Å². The summed E-state index contributed by atoms with van der Waals surface area (Å²) < 4.78 is 6.64. The number of benzene rings is 1. The van der Waals surface area contributed by atoms with Gasteiger partial charge in [0.05, 0.1) is 7.11 Å². The van der Waals surface area contributed by atoms with Crippen LogP contribution in [0.3, 0.4) is 0 Å². The van der Waals surface area contributed by atoms with Gasteiger partial charge in [0.25, 0.3) is 5.91 Å². The van der Waals surface area contributed by atoms with E-state index < -0.39 is 0 Å². The zero-order valence-corrected chi connectivity index (χ0v) is 11.6. The first-order valence-corrected chi connectivity index (χ1v) is 6.17. The van der Waals surface area contributed by atoms with E-state index in [1.807, 2.05) is 0 Å². The maximum Gasteiger partial charge on any atom is 0.270 e. The standard InChI is InChI=1S/C15H16N2O3/c1-10-8-13(18)9-11(2)17(10)16-15(19)12-4-6-14(20-3)7-5-12/h4-9H,1-3H3,(H,16,19). The summed E-state index contributed by atoms with van der Waals surface area (Å²) in [6.07, 6.45) is 0. The third kappa shape index (κ3) is 2.88. The van der Waals surface area contributed by atoms with Gasteiger partial charge in [0.2, 0.25) is 0 Å². The lowest BCUT2D eigenvalue weighted by molar-refractivity contribution is 0.101. The Kier molecular flexibility index (Phi) is 3.89. The molecule has 20 heavy (non-hydrogen) atoms. The molecule has 5 nitrogen and oxygen atoms in total. The zero-order chi connectivity index (χ0) is 14.7. The number of amides is 1. The molecule has 1 aromatic carbocycles. The van der Waals surface area contributed by atoms with Crippen LogP contribution < -0.4 is 15.6 Å². The van der Waals surface area contributed by atoms with E-state index in [1.54, 1.807) is 49.9 Å². The van der Waals surface area contributed by atoms with E-state index in [9.17, 15) is 9.59 Å². The average Bonchev–Trinajstić information content (AvgIpc) is 2.42. The third-order valence-electron chi connectivity index (χ3n) is 2.97. The molecule has 1 heterocycles. The number of aryl methyl sites for hydroxylation is 2. The van der Waals surface area contributed by atoms with E-state index in [4.69, 9.17) is 4.74 Å². The lowest BCUT2D eigenvalue weighted by Crippen LogP contribution is -2.27. The molecule has 1 N–H and O–H groups in total. The van der Waals surface area contributed by atoms with Crippen molar-refractivity contribution < 1.29 is 9.53 Å². The van der Waals surface area contributed by atoms with Gasteiger partial charge >= 0.3 is 0 Å². The lowest BCUT2D eigenvalue weighted by Gasteiger charge is -2.15. The van der Waals surface area contributed by atoms with Crippen LogP contribution in [0.25, 0.3) is 0 Å². The smallest absolute Gasteiger partial charge is 0.270 e. The molecule has 0 radical (unpaired) electrons. The Labute approximate surface area is 116 Å². The molecule has 0 spiro atoms. The SMILES string of the molecule is COc1ccc(C(=O)Nn2c(C)cc(=O)cc2C)cc1. The number of carbonyl (C=O) groups excluding carboxylic acids is 1. The fourth-order valence-corrected chi connectivity index (χ4v) is 1.95. The van der Waals surface area contributed by atoms with Crippen LogP contribution in [0.1, 0.15) is 21.7 Å². The second-order valence-electron chi connectivity index (χ2n) is 4.48. The Morgan fingerprint density at radius 2 is 1.65 bits per heavy atom. The molecule has 5 heteroatoms. The molecule has 0 aliphatic rings. The van der Waals surface area contributed by atoms with Crippen LogP contribution in [0.4, 0.5) is 0 Å². The van der Waals surface area contributed by atoms with Crippen LogP contribution in [0.5, 0.6) is 5.75 Å². The molecular formula is C15H16N2O3. The summed E-state index contributed by atoms with van der Waals surface area (Å²) in [5, 5.41) is 0. The molecule has 2 aromatic rings. The van der Waals surface area contributed by atoms with Gasteiger partial charge in [-0.25, -0.2) is 0 Å². The summed E-state index contributed by atoms with van der Waals surface area (Å²) in [4.78, 5) is 23.5. The van der Waals surface area contributed by atoms with Gasteiger partial charge in [-0.3, -0.25) is 19.7 Å². The lowest BCUT2D eigenvalue weighted by atomic mass is 10.2. The molecule has 0 aliphatic carbocycles. The highest BCUT2D eigenvalue weighted by atomic mass is 16.5. The van der Waals surface area contributed by atoms with E-state index in [2.05, 4.69) is 5.43 Å². The Morgan fingerprint density at radius 1 is 1.10 bits per heavy atom. The van der Waals surface area contributed by atoms with Gasteiger partial charge in [-0.1, -0.05) is 0 Å². The Hall–Kier alpha value is -2.56. The highest BCUT2D eigenvalue weighted by Crippen LogP contribution is 2.11. The minimum absolute atomic E-state index is 0.0741. The summed E-state index contributed by atoms with van der Waals surface area (Å²) in [7, 11) is 1.57. The maximum atomic E-state index is 12.2. The number of nitrogens with zero attached hydrogens (tertiary/aromatic N) is 1. The van der Waals surface area contributed by atoms with Gasteiger partial charge in [0, 0.05) is 29.1 Å². The van der Waals surface area contributed by atoms with E-state index in [0.717, 1.165) is 0 Å². The molecule has 104 valence electrons. The quantitative estimate of drug-likeness (QED) is 0.927. The molecule has 0 unspecified atom stereocenters. The number of pyridine rings is 1. The highest BCUT2D eigenvalue weighted by Gasteiger charge is 2.08. The fourth-order valence-electron chi connectivity index (χ4n) is 1.95. The second kappa shape index (κ2) is 5.61. The number of methoxy groups -OCH3 is 1. The van der Waals surface area contributed by atoms with Gasteiger partial charge in [-0.15, -0.1) is 0 Å². The van der Waals surface area contributed by atoms with Crippen molar-refractivity contribution in [1.29, 1.82) is 0 Å². The topological polar surface area (TPSA) is 60.3 Å². The van der Waals surface area contributed by atoms with Crippen molar-refractivity contribution in [2.24, 2.45) is 0 Å². The number of rotatable bonds is 3. The van der Waals surface area contributed by atoms with Crippen LogP contribution >= 0.6 is 0 Å². The largest absolute Gasteiger partial charge is 0.497 e. The first-order chi connectivity index (χ1) is 9.51. The Bertz CT molecular complexity index is 661. The molecular weight excluding hydrogens is 256 g/mol. The molecule has 0 saturated heterocycles. The third-order valence-corrected chi connectivity index (χ3v) is 2.97. The molecule has 0 bridgehead atoms. The summed E-state index contributed by atoms with van der Waals surface area (Å²) in [5.41, 5.74) is 4.56. The van der Waals surface area contributed by atoms with Crippen molar-refractivity contribution in [3.05, 3.63) is 63.6 Å². The first-order valence-electron chi connectivity index (χ1n) is 6.17. The summed E-state index contributed by atoms with van der Waals surface area (Å²) >= 11 is 0. The maximum absolute atomic E-state index is 12.2. The van der Waals surface area contributed by atoms with Gasteiger partial charge < -0.3 is 4.74 Å². The number of hydrogen-bond donors (Lipinski definition) is 1. The van der Waals surface area contributed by atoms with Crippen molar-refractivity contribution in [2.45, 2.75) is 13.8 Å². The minimum atomic E-state index is -0.248. The van der Waals surface area contributed by atoms with E-state index in [-0.39, 0.29) is 11.3 Å². The van der Waals surface area contributed by atoms with Gasteiger partial charge in [0.1, 0.15) is 5.75 Å². The summed E-state index contributed by atoms with van der Waals surface area (Å²) in [6.45, 7) is 3.53. The Balaban J connectivity index is 2.25. The second-order valence-corrected chi connectivity index (χ2v) is 4.48. The van der Waals surface area contributed by atoms with Crippen molar-refractivity contribution in [1.82, 2.24) is 4.68 Å². The zero-order valence-electron chi connectivity index (χ0n) is 11.6. The van der Waals surface area contributed by atoms with E-state index in [0.29, 0.717) is 22.7 Å². The van der Waals surface area contributed by atoms with Crippen LogP contribution in [-0.4, -0.2) is 17.7 Å². The monoisotopic (exact) mass is 272 g/mol. The number of nitrogens with one attached hydrogen (secondary N) is 1. The minimum Gasteiger partial charge on any atom is -0.497 e. The van der Waals surface area contributed by atoms with Crippen LogP contribution in [0, 0.1) is 13.8 Å². The van der Waals surface area contributed by atoms with E-state index >= 15 is 0 Å². The van der Waals surface area contributed by atoms with Crippen molar-refractivity contribution in [2.75, 3.05) is 12.5 Å². The average molecular weight is 272 g/mol. The normalized spacial score (nSPS) is 10.2. The van der Waals surface area contributed by atoms with Crippen LogP contribution in [0.15, 0.2) is 41.2 Å². The van der Waals surface area contributed by atoms with Gasteiger partial charge in [0.15, 0.2) is 5.43 Å². The number of ether oxygens (including phenoxy) is 1. The fraction of sp³-hybridized carbons (Fsp3) is 0.200. The number of carbonyl (C=O) groups is 1. The first kappa shape index (κ1) is 13.9. The predicted octanol–water partition coefficient (Wildman–Crippen LogP) is 1.86.